The number of aromatic nitrogens is 1. The van der Waals surface area contributed by atoms with Gasteiger partial charge >= 0.3 is 0 Å². The van der Waals surface area contributed by atoms with Crippen molar-refractivity contribution in [3.8, 4) is 0 Å². The lowest BCUT2D eigenvalue weighted by Gasteiger charge is -2.35. The third-order valence-electron chi connectivity index (χ3n) is 5.42. The second-order valence-electron chi connectivity index (χ2n) is 7.09. The molecule has 0 saturated carbocycles. The van der Waals surface area contributed by atoms with Gasteiger partial charge in [0.1, 0.15) is 0 Å². The fourth-order valence-electron chi connectivity index (χ4n) is 3.85. The molecule has 0 bridgehead atoms. The van der Waals surface area contributed by atoms with Crippen LogP contribution in [0.1, 0.15) is 12.8 Å². The first kappa shape index (κ1) is 16.8. The van der Waals surface area contributed by atoms with Crippen LogP contribution in [0.3, 0.4) is 0 Å². The summed E-state index contributed by atoms with van der Waals surface area (Å²) in [5, 5.41) is 4.94. The standard InChI is InChI=1S/C20H28N4O/c1-3-17-4-2-8-21-20(17)19(5-1)22-18-6-9-23(10-7-18)11-12-24-13-15-25-16-14-24/h1-5,8,18,22H,6-7,9-16H2. The summed E-state index contributed by atoms with van der Waals surface area (Å²) in [4.78, 5) is 9.68. The van der Waals surface area contributed by atoms with E-state index in [1.165, 1.54) is 50.1 Å². The maximum atomic E-state index is 5.42. The van der Waals surface area contributed by atoms with Crippen LogP contribution < -0.4 is 5.32 Å². The van der Waals surface area contributed by atoms with Crippen molar-refractivity contribution in [2.24, 2.45) is 0 Å². The van der Waals surface area contributed by atoms with Crippen molar-refractivity contribution in [1.29, 1.82) is 0 Å². The summed E-state index contributed by atoms with van der Waals surface area (Å²) >= 11 is 0. The molecule has 0 unspecified atom stereocenters. The Hall–Kier alpha value is -1.69. The van der Waals surface area contributed by atoms with E-state index in [9.17, 15) is 0 Å². The Morgan fingerprint density at radius 3 is 2.48 bits per heavy atom. The molecule has 25 heavy (non-hydrogen) atoms. The van der Waals surface area contributed by atoms with Gasteiger partial charge in [-0.2, -0.15) is 0 Å². The lowest BCUT2D eigenvalue weighted by atomic mass is 10.0. The van der Waals surface area contributed by atoms with Crippen LogP contribution in [-0.4, -0.2) is 73.3 Å². The Balaban J connectivity index is 1.27. The number of likely N-dealkylation sites (tertiary alicyclic amines) is 1. The van der Waals surface area contributed by atoms with E-state index in [4.69, 9.17) is 4.74 Å². The summed E-state index contributed by atoms with van der Waals surface area (Å²) in [5.41, 5.74) is 2.25. The lowest BCUT2D eigenvalue weighted by molar-refractivity contribution is 0.0322. The van der Waals surface area contributed by atoms with E-state index in [0.29, 0.717) is 6.04 Å². The number of morpholine rings is 1. The number of para-hydroxylation sites is 1. The highest BCUT2D eigenvalue weighted by atomic mass is 16.5. The van der Waals surface area contributed by atoms with Gasteiger partial charge in [-0.3, -0.25) is 9.88 Å². The Morgan fingerprint density at radius 1 is 0.960 bits per heavy atom. The van der Waals surface area contributed by atoms with Crippen molar-refractivity contribution in [3.05, 3.63) is 36.5 Å². The van der Waals surface area contributed by atoms with E-state index in [1.807, 2.05) is 12.3 Å². The van der Waals surface area contributed by atoms with Crippen LogP contribution in [0.15, 0.2) is 36.5 Å². The topological polar surface area (TPSA) is 40.6 Å². The van der Waals surface area contributed by atoms with Gasteiger partial charge in [0.25, 0.3) is 0 Å². The number of nitrogens with one attached hydrogen (secondary N) is 1. The number of hydrogen-bond acceptors (Lipinski definition) is 5. The number of nitrogens with zero attached hydrogens (tertiary/aromatic N) is 3. The molecule has 0 radical (unpaired) electrons. The maximum Gasteiger partial charge on any atom is 0.0933 e. The van der Waals surface area contributed by atoms with Gasteiger partial charge in [0, 0.05) is 56.9 Å². The molecule has 4 rings (SSSR count). The fourth-order valence-corrected chi connectivity index (χ4v) is 3.85. The molecule has 3 heterocycles. The lowest BCUT2D eigenvalue weighted by Crippen LogP contribution is -2.45. The highest BCUT2D eigenvalue weighted by Crippen LogP contribution is 2.23. The molecule has 2 aromatic rings. The van der Waals surface area contributed by atoms with Crippen LogP contribution in [0.2, 0.25) is 0 Å². The van der Waals surface area contributed by atoms with Gasteiger partial charge in [-0.25, -0.2) is 0 Å². The van der Waals surface area contributed by atoms with Crippen LogP contribution >= 0.6 is 0 Å². The van der Waals surface area contributed by atoms with Gasteiger partial charge < -0.3 is 15.0 Å². The van der Waals surface area contributed by atoms with Gasteiger partial charge in [-0.1, -0.05) is 18.2 Å². The van der Waals surface area contributed by atoms with E-state index >= 15 is 0 Å². The summed E-state index contributed by atoms with van der Waals surface area (Å²) in [7, 11) is 0. The Kier molecular flexibility index (Phi) is 5.45. The molecule has 5 heteroatoms. The third kappa shape index (κ3) is 4.29. The highest BCUT2D eigenvalue weighted by molar-refractivity contribution is 5.90. The van der Waals surface area contributed by atoms with Crippen molar-refractivity contribution >= 4 is 16.6 Å². The van der Waals surface area contributed by atoms with Crippen LogP contribution in [0.5, 0.6) is 0 Å². The maximum absolute atomic E-state index is 5.42. The summed E-state index contributed by atoms with van der Waals surface area (Å²) in [5.74, 6) is 0. The van der Waals surface area contributed by atoms with E-state index in [-0.39, 0.29) is 0 Å². The number of rotatable bonds is 5. The zero-order chi connectivity index (χ0) is 16.9. The minimum Gasteiger partial charge on any atom is -0.380 e. The van der Waals surface area contributed by atoms with Crippen molar-refractivity contribution in [1.82, 2.24) is 14.8 Å². The van der Waals surface area contributed by atoms with Crippen molar-refractivity contribution < 1.29 is 4.74 Å². The fraction of sp³-hybridized carbons (Fsp3) is 0.550. The Bertz CT molecular complexity index is 673. The zero-order valence-electron chi connectivity index (χ0n) is 14.9. The summed E-state index contributed by atoms with van der Waals surface area (Å²) < 4.78 is 5.42. The molecule has 0 atom stereocenters. The number of hydrogen-bond donors (Lipinski definition) is 1. The van der Waals surface area contributed by atoms with Crippen LogP contribution in [0.4, 0.5) is 5.69 Å². The molecule has 0 spiro atoms. The SMILES string of the molecule is c1cnc2c(NC3CCN(CCN4CCOCC4)CC3)cccc2c1. The number of benzene rings is 1. The first-order valence-corrected chi connectivity index (χ1v) is 9.51. The monoisotopic (exact) mass is 340 g/mol. The number of anilines is 1. The number of piperidine rings is 1. The molecule has 1 aromatic carbocycles. The first-order chi connectivity index (χ1) is 12.4. The van der Waals surface area contributed by atoms with Gasteiger partial charge in [0.05, 0.1) is 24.4 Å². The molecule has 5 nitrogen and oxygen atoms in total. The normalized spacial score (nSPS) is 20.8. The van der Waals surface area contributed by atoms with Crippen LogP contribution in [-0.2, 0) is 4.74 Å². The zero-order valence-corrected chi connectivity index (χ0v) is 14.9. The molecule has 0 aliphatic carbocycles. The summed E-state index contributed by atoms with van der Waals surface area (Å²) in [6.45, 7) is 8.69. The molecule has 2 aliphatic heterocycles. The second kappa shape index (κ2) is 8.13. The smallest absolute Gasteiger partial charge is 0.0933 e. The quantitative estimate of drug-likeness (QED) is 0.905. The van der Waals surface area contributed by atoms with Crippen molar-refractivity contribution in [2.45, 2.75) is 18.9 Å². The number of fused-ring (bicyclic) bond motifs is 1. The molecule has 2 aliphatic rings. The molecule has 134 valence electrons. The van der Waals surface area contributed by atoms with E-state index < -0.39 is 0 Å². The number of pyridine rings is 1. The van der Waals surface area contributed by atoms with Crippen LogP contribution in [0.25, 0.3) is 10.9 Å². The summed E-state index contributed by atoms with van der Waals surface area (Å²) in [6.07, 6.45) is 4.28. The van der Waals surface area contributed by atoms with E-state index in [2.05, 4.69) is 44.4 Å². The van der Waals surface area contributed by atoms with Gasteiger partial charge in [-0.15, -0.1) is 0 Å². The molecular formula is C20H28N4O. The first-order valence-electron chi connectivity index (χ1n) is 9.51. The van der Waals surface area contributed by atoms with Gasteiger partial charge in [0.2, 0.25) is 0 Å². The minimum atomic E-state index is 0.548. The molecule has 2 saturated heterocycles. The van der Waals surface area contributed by atoms with Gasteiger partial charge in [-0.05, 0) is 25.0 Å². The molecule has 1 N–H and O–H groups in total. The van der Waals surface area contributed by atoms with Crippen LogP contribution in [0, 0.1) is 0 Å². The Labute approximate surface area is 150 Å². The Morgan fingerprint density at radius 2 is 1.68 bits per heavy atom. The molecule has 1 aromatic heterocycles. The third-order valence-corrected chi connectivity index (χ3v) is 5.42. The van der Waals surface area contributed by atoms with Gasteiger partial charge in [0.15, 0.2) is 0 Å². The van der Waals surface area contributed by atoms with Crippen molar-refractivity contribution in [2.75, 3.05) is 57.8 Å². The van der Waals surface area contributed by atoms with E-state index in [0.717, 1.165) is 31.8 Å². The minimum absolute atomic E-state index is 0.548. The molecular weight excluding hydrogens is 312 g/mol. The number of ether oxygens (including phenoxy) is 1. The molecule has 0 amide bonds. The summed E-state index contributed by atoms with van der Waals surface area (Å²) in [6, 6.07) is 11.1. The predicted octanol–water partition coefficient (Wildman–Crippen LogP) is 2.44. The predicted molar refractivity (Wildman–Crippen MR) is 102 cm³/mol. The average Bonchev–Trinajstić information content (AvgIpc) is 2.69. The average molecular weight is 340 g/mol. The largest absolute Gasteiger partial charge is 0.380 e. The molecule has 2 fully saturated rings. The van der Waals surface area contributed by atoms with E-state index in [1.54, 1.807) is 0 Å². The second-order valence-corrected chi connectivity index (χ2v) is 7.09. The van der Waals surface area contributed by atoms with Crippen molar-refractivity contribution in [3.63, 3.8) is 0 Å². The highest BCUT2D eigenvalue weighted by Gasteiger charge is 2.20.